The molecular weight excluding hydrogens is 340 g/mol. The van der Waals surface area contributed by atoms with Crippen molar-refractivity contribution >= 4 is 23.2 Å². The molecule has 0 spiro atoms. The quantitative estimate of drug-likeness (QED) is 0.822. The third-order valence-corrected chi connectivity index (χ3v) is 4.88. The summed E-state index contributed by atoms with van der Waals surface area (Å²) in [5, 5.41) is 13.5. The molecule has 0 aliphatic carbocycles. The summed E-state index contributed by atoms with van der Waals surface area (Å²) in [7, 11) is 1.63. The maximum Gasteiger partial charge on any atom is 0.134 e. The Hall–Kier alpha value is -2.05. The average molecular weight is 363 g/mol. The molecule has 0 bridgehead atoms. The number of hydrogen-bond acceptors (Lipinski definition) is 6. The summed E-state index contributed by atoms with van der Waals surface area (Å²) in [5.74, 6) is 2.29. The molecule has 3 rings (SSSR count). The fourth-order valence-corrected chi connectivity index (χ4v) is 3.41. The molecule has 1 aromatic carbocycles. The second-order valence-electron chi connectivity index (χ2n) is 6.06. The van der Waals surface area contributed by atoms with Crippen LogP contribution >= 0.6 is 11.6 Å². The predicted molar refractivity (Wildman–Crippen MR) is 99.4 cm³/mol. The van der Waals surface area contributed by atoms with Crippen LogP contribution in [0.1, 0.15) is 24.8 Å². The molecule has 2 N–H and O–H groups in total. The van der Waals surface area contributed by atoms with E-state index in [0.717, 1.165) is 42.9 Å². The molecule has 1 unspecified atom stereocenters. The lowest BCUT2D eigenvalue weighted by molar-refractivity contribution is 0.239. The second kappa shape index (κ2) is 8.36. The van der Waals surface area contributed by atoms with Crippen LogP contribution in [0.15, 0.2) is 30.6 Å². The highest BCUT2D eigenvalue weighted by molar-refractivity contribution is 6.31. The number of nitrogens with zero attached hydrogens (tertiary/aromatic N) is 3. The number of piperidine rings is 1. The van der Waals surface area contributed by atoms with Gasteiger partial charge in [0.05, 0.1) is 19.8 Å². The fraction of sp³-hybridized carbons (Fsp3) is 0.444. The van der Waals surface area contributed by atoms with Gasteiger partial charge in [-0.05, 0) is 31.4 Å². The van der Waals surface area contributed by atoms with Crippen molar-refractivity contribution in [2.24, 2.45) is 0 Å². The molecule has 1 aromatic heterocycles. The van der Waals surface area contributed by atoms with Crippen LogP contribution in [0.25, 0.3) is 0 Å². The zero-order chi connectivity index (χ0) is 17.6. The smallest absolute Gasteiger partial charge is 0.134 e. The maximum absolute atomic E-state index is 9.60. The number of hydrogen-bond donors (Lipinski definition) is 2. The number of nitrogens with one attached hydrogen (secondary N) is 1. The number of aliphatic hydroxyl groups is 1. The number of halogens is 1. The first-order valence-corrected chi connectivity index (χ1v) is 8.85. The zero-order valence-corrected chi connectivity index (χ0v) is 15.0. The van der Waals surface area contributed by atoms with Crippen molar-refractivity contribution in [1.29, 1.82) is 0 Å². The second-order valence-corrected chi connectivity index (χ2v) is 6.47. The van der Waals surface area contributed by atoms with E-state index >= 15 is 0 Å². The predicted octanol–water partition coefficient (Wildman–Crippen LogP) is 3.10. The fourth-order valence-electron chi connectivity index (χ4n) is 3.17. The molecule has 0 radical (unpaired) electrons. The largest absolute Gasteiger partial charge is 0.496 e. The number of rotatable bonds is 6. The van der Waals surface area contributed by atoms with Gasteiger partial charge >= 0.3 is 0 Å². The first-order chi connectivity index (χ1) is 12.2. The Morgan fingerprint density at radius 3 is 3.04 bits per heavy atom. The Balaban J connectivity index is 1.74. The van der Waals surface area contributed by atoms with Crippen LogP contribution in [0.3, 0.4) is 0 Å². The van der Waals surface area contributed by atoms with Crippen molar-refractivity contribution in [2.75, 3.05) is 30.5 Å². The Morgan fingerprint density at radius 1 is 1.36 bits per heavy atom. The topological polar surface area (TPSA) is 70.5 Å². The van der Waals surface area contributed by atoms with Crippen molar-refractivity contribution in [2.45, 2.75) is 31.8 Å². The van der Waals surface area contributed by atoms with Crippen molar-refractivity contribution in [3.63, 3.8) is 0 Å². The summed E-state index contributed by atoms with van der Waals surface area (Å²) < 4.78 is 5.37. The van der Waals surface area contributed by atoms with E-state index in [9.17, 15) is 5.11 Å². The van der Waals surface area contributed by atoms with Gasteiger partial charge in [-0.25, -0.2) is 9.97 Å². The normalized spacial score (nSPS) is 17.4. The van der Waals surface area contributed by atoms with Crippen LogP contribution in [-0.2, 0) is 6.54 Å². The van der Waals surface area contributed by atoms with E-state index < -0.39 is 0 Å². The molecule has 1 fully saturated rings. The van der Waals surface area contributed by atoms with Gasteiger partial charge in [0.2, 0.25) is 0 Å². The minimum absolute atomic E-state index is 0.125. The highest BCUT2D eigenvalue weighted by Gasteiger charge is 2.23. The van der Waals surface area contributed by atoms with Gasteiger partial charge in [-0.1, -0.05) is 17.7 Å². The summed E-state index contributed by atoms with van der Waals surface area (Å²) in [6.45, 7) is 1.55. The minimum Gasteiger partial charge on any atom is -0.496 e. The van der Waals surface area contributed by atoms with Crippen LogP contribution in [0.2, 0.25) is 5.02 Å². The van der Waals surface area contributed by atoms with Crippen LogP contribution in [-0.4, -0.2) is 41.4 Å². The third-order valence-electron chi connectivity index (χ3n) is 4.53. The van der Waals surface area contributed by atoms with Gasteiger partial charge in [0.1, 0.15) is 23.7 Å². The lowest BCUT2D eigenvalue weighted by Crippen LogP contribution is -2.42. The van der Waals surface area contributed by atoms with E-state index in [1.165, 1.54) is 0 Å². The Bertz CT molecular complexity index is 713. The molecule has 1 aliphatic heterocycles. The SMILES string of the molecule is COc1cccc(Cl)c1CNc1cc(N2CCCCC2CO)ncn1. The van der Waals surface area contributed by atoms with Crippen molar-refractivity contribution < 1.29 is 9.84 Å². The maximum atomic E-state index is 9.60. The lowest BCUT2D eigenvalue weighted by Gasteiger charge is -2.35. The van der Waals surface area contributed by atoms with E-state index in [-0.39, 0.29) is 12.6 Å². The summed E-state index contributed by atoms with van der Waals surface area (Å²) in [6.07, 6.45) is 4.79. The van der Waals surface area contributed by atoms with Crippen LogP contribution in [0, 0.1) is 0 Å². The van der Waals surface area contributed by atoms with E-state index in [1.807, 2.05) is 24.3 Å². The molecule has 134 valence electrons. The molecule has 25 heavy (non-hydrogen) atoms. The van der Waals surface area contributed by atoms with E-state index in [2.05, 4.69) is 20.2 Å². The molecule has 7 heteroatoms. The highest BCUT2D eigenvalue weighted by atomic mass is 35.5. The molecular formula is C18H23ClN4O2. The summed E-state index contributed by atoms with van der Waals surface area (Å²) >= 11 is 6.28. The van der Waals surface area contributed by atoms with Crippen molar-refractivity contribution in [3.8, 4) is 5.75 Å². The monoisotopic (exact) mass is 362 g/mol. The molecule has 1 aliphatic rings. The third kappa shape index (κ3) is 4.14. The van der Waals surface area contributed by atoms with E-state index in [1.54, 1.807) is 13.4 Å². The van der Waals surface area contributed by atoms with Crippen LogP contribution in [0.5, 0.6) is 5.75 Å². The summed E-state index contributed by atoms with van der Waals surface area (Å²) in [4.78, 5) is 10.8. The first-order valence-electron chi connectivity index (χ1n) is 8.47. The number of aliphatic hydroxyl groups excluding tert-OH is 1. The molecule has 1 saturated heterocycles. The standard InChI is InChI=1S/C18H23ClN4O2/c1-25-16-7-4-6-15(19)14(16)10-20-17-9-18(22-12-21-17)23-8-3-2-5-13(23)11-24/h4,6-7,9,12-13,24H,2-3,5,8,10-11H2,1H3,(H,20,21,22). The molecule has 1 atom stereocenters. The Labute approximate surface area is 152 Å². The van der Waals surface area contributed by atoms with E-state index in [4.69, 9.17) is 16.3 Å². The number of ether oxygens (including phenoxy) is 1. The molecule has 6 nitrogen and oxygen atoms in total. The van der Waals surface area contributed by atoms with Crippen LogP contribution < -0.4 is 15.0 Å². The summed E-state index contributed by atoms with van der Waals surface area (Å²) in [6, 6.07) is 7.62. The van der Waals surface area contributed by atoms with Crippen molar-refractivity contribution in [3.05, 3.63) is 41.2 Å². The van der Waals surface area contributed by atoms with Gasteiger partial charge in [-0.15, -0.1) is 0 Å². The minimum atomic E-state index is 0.125. The van der Waals surface area contributed by atoms with Gasteiger partial charge in [-0.2, -0.15) is 0 Å². The number of benzene rings is 1. The van der Waals surface area contributed by atoms with Gasteiger partial charge in [-0.3, -0.25) is 0 Å². The molecule has 2 aromatic rings. The van der Waals surface area contributed by atoms with Gasteiger partial charge in [0, 0.05) is 29.7 Å². The van der Waals surface area contributed by atoms with Crippen LogP contribution in [0.4, 0.5) is 11.6 Å². The summed E-state index contributed by atoms with van der Waals surface area (Å²) in [5.41, 5.74) is 0.887. The number of anilines is 2. The Morgan fingerprint density at radius 2 is 2.24 bits per heavy atom. The average Bonchev–Trinajstić information content (AvgIpc) is 2.67. The molecule has 0 amide bonds. The zero-order valence-electron chi connectivity index (χ0n) is 14.3. The van der Waals surface area contributed by atoms with Gasteiger partial charge in [0.25, 0.3) is 0 Å². The molecule has 0 saturated carbocycles. The lowest BCUT2D eigenvalue weighted by atomic mass is 10.0. The van der Waals surface area contributed by atoms with Gasteiger partial charge < -0.3 is 20.1 Å². The van der Waals surface area contributed by atoms with Gasteiger partial charge in [0.15, 0.2) is 0 Å². The highest BCUT2D eigenvalue weighted by Crippen LogP contribution is 2.28. The number of methoxy groups -OCH3 is 1. The first kappa shape index (κ1) is 17.8. The van der Waals surface area contributed by atoms with Crippen molar-refractivity contribution in [1.82, 2.24) is 9.97 Å². The number of aromatic nitrogens is 2. The Kier molecular flexibility index (Phi) is 5.94. The van der Waals surface area contributed by atoms with E-state index in [0.29, 0.717) is 17.4 Å². The molecule has 2 heterocycles.